The number of carboxylic acid groups (broad SMARTS) is 1. The first kappa shape index (κ1) is 13.2. The second-order valence-corrected chi connectivity index (χ2v) is 4.09. The van der Waals surface area contributed by atoms with Gasteiger partial charge in [0.05, 0.1) is 12.3 Å². The molecule has 0 bridgehead atoms. The zero-order chi connectivity index (χ0) is 12.1. The molecule has 1 rings (SSSR count). The molecule has 0 spiro atoms. The fourth-order valence-corrected chi connectivity index (χ4v) is 2.10. The number of ether oxygens (including phenoxy) is 1. The Labute approximate surface area is 103 Å². The Morgan fingerprint density at radius 2 is 2.31 bits per heavy atom. The highest BCUT2D eigenvalue weighted by atomic mass is 79.9. The fraction of sp³-hybridized carbons (Fsp3) is 0.600. The van der Waals surface area contributed by atoms with Crippen LogP contribution in [0.15, 0.2) is 4.73 Å². The molecule has 0 aliphatic rings. The Bertz CT molecular complexity index is 376. The first-order chi connectivity index (χ1) is 7.61. The third kappa shape index (κ3) is 2.82. The van der Waals surface area contributed by atoms with Gasteiger partial charge >= 0.3 is 5.97 Å². The van der Waals surface area contributed by atoms with Gasteiger partial charge in [0.1, 0.15) is 0 Å². The standard InChI is InChI=1S/C10H15BrN2O3/c1-3-4-7-8(9(14)15)12-10(11)13(7)5-6-16-2/h3-6H2,1-2H3,(H,14,15). The number of hydrogen-bond donors (Lipinski definition) is 1. The first-order valence-electron chi connectivity index (χ1n) is 5.08. The number of aromatic nitrogens is 2. The number of hydrogen-bond acceptors (Lipinski definition) is 3. The molecule has 1 aromatic rings. The van der Waals surface area contributed by atoms with Crippen LogP contribution in [0.1, 0.15) is 29.5 Å². The average molecular weight is 291 g/mol. The Kier molecular flexibility index (Phi) is 4.95. The van der Waals surface area contributed by atoms with Crippen LogP contribution >= 0.6 is 15.9 Å². The molecule has 1 heterocycles. The first-order valence-corrected chi connectivity index (χ1v) is 5.88. The van der Waals surface area contributed by atoms with Crippen molar-refractivity contribution in [3.63, 3.8) is 0 Å². The van der Waals surface area contributed by atoms with Gasteiger partial charge in [-0.25, -0.2) is 9.78 Å². The van der Waals surface area contributed by atoms with Gasteiger partial charge in [0.15, 0.2) is 10.4 Å². The largest absolute Gasteiger partial charge is 0.476 e. The van der Waals surface area contributed by atoms with Gasteiger partial charge in [-0.3, -0.25) is 0 Å². The highest BCUT2D eigenvalue weighted by Crippen LogP contribution is 2.18. The smallest absolute Gasteiger partial charge is 0.356 e. The van der Waals surface area contributed by atoms with E-state index in [-0.39, 0.29) is 5.69 Å². The van der Waals surface area contributed by atoms with Crippen molar-refractivity contribution in [3.8, 4) is 0 Å². The molecule has 0 aliphatic carbocycles. The van der Waals surface area contributed by atoms with Gasteiger partial charge in [-0.1, -0.05) is 13.3 Å². The van der Waals surface area contributed by atoms with E-state index in [0.29, 0.717) is 24.3 Å². The molecule has 0 aliphatic heterocycles. The predicted octanol–water partition coefficient (Wildman–Crippen LogP) is 1.94. The number of carboxylic acids is 1. The van der Waals surface area contributed by atoms with E-state index in [1.54, 1.807) is 7.11 Å². The van der Waals surface area contributed by atoms with Crippen LogP contribution in [-0.4, -0.2) is 34.3 Å². The van der Waals surface area contributed by atoms with Crippen molar-refractivity contribution in [2.45, 2.75) is 26.3 Å². The molecular weight excluding hydrogens is 276 g/mol. The normalized spacial score (nSPS) is 10.7. The maximum atomic E-state index is 11.0. The van der Waals surface area contributed by atoms with Crippen molar-refractivity contribution in [2.24, 2.45) is 0 Å². The Hall–Kier alpha value is -0.880. The van der Waals surface area contributed by atoms with Crippen molar-refractivity contribution in [1.29, 1.82) is 0 Å². The maximum Gasteiger partial charge on any atom is 0.356 e. The Morgan fingerprint density at radius 1 is 1.62 bits per heavy atom. The molecule has 6 heteroatoms. The molecule has 90 valence electrons. The van der Waals surface area contributed by atoms with E-state index in [4.69, 9.17) is 9.84 Å². The van der Waals surface area contributed by atoms with Crippen LogP contribution in [0.5, 0.6) is 0 Å². The van der Waals surface area contributed by atoms with Crippen LogP contribution in [0, 0.1) is 0 Å². The van der Waals surface area contributed by atoms with Gasteiger partial charge in [-0.2, -0.15) is 0 Å². The van der Waals surface area contributed by atoms with Gasteiger partial charge in [-0.15, -0.1) is 0 Å². The Morgan fingerprint density at radius 3 is 2.81 bits per heavy atom. The van der Waals surface area contributed by atoms with Crippen LogP contribution in [-0.2, 0) is 17.7 Å². The van der Waals surface area contributed by atoms with E-state index in [1.165, 1.54) is 0 Å². The summed E-state index contributed by atoms with van der Waals surface area (Å²) in [5.74, 6) is -0.986. The summed E-state index contributed by atoms with van der Waals surface area (Å²) in [7, 11) is 1.61. The minimum atomic E-state index is -0.986. The minimum absolute atomic E-state index is 0.129. The molecule has 1 aromatic heterocycles. The summed E-state index contributed by atoms with van der Waals surface area (Å²) in [6.45, 7) is 3.14. The van der Waals surface area contributed by atoms with Gasteiger partial charge in [0.2, 0.25) is 0 Å². The molecule has 5 nitrogen and oxygen atoms in total. The number of halogens is 1. The second kappa shape index (κ2) is 6.00. The SMILES string of the molecule is CCCc1c(C(=O)O)nc(Br)n1CCOC. The zero-order valence-corrected chi connectivity index (χ0v) is 11.0. The summed E-state index contributed by atoms with van der Waals surface area (Å²) in [6, 6.07) is 0. The molecule has 0 atom stereocenters. The summed E-state index contributed by atoms with van der Waals surface area (Å²) in [6.07, 6.45) is 1.58. The lowest BCUT2D eigenvalue weighted by molar-refractivity contribution is 0.0689. The zero-order valence-electron chi connectivity index (χ0n) is 9.36. The third-order valence-electron chi connectivity index (χ3n) is 2.23. The van der Waals surface area contributed by atoms with E-state index >= 15 is 0 Å². The number of carbonyl (C=O) groups is 1. The molecule has 16 heavy (non-hydrogen) atoms. The van der Waals surface area contributed by atoms with E-state index < -0.39 is 5.97 Å². The number of methoxy groups -OCH3 is 1. The lowest BCUT2D eigenvalue weighted by Crippen LogP contribution is -2.10. The summed E-state index contributed by atoms with van der Waals surface area (Å²) < 4.78 is 7.38. The number of aromatic carboxylic acids is 1. The van der Waals surface area contributed by atoms with E-state index in [0.717, 1.165) is 12.1 Å². The quantitative estimate of drug-likeness (QED) is 0.870. The molecule has 0 unspecified atom stereocenters. The fourth-order valence-electron chi connectivity index (χ4n) is 1.53. The number of imidazole rings is 1. The van der Waals surface area contributed by atoms with Crippen molar-refractivity contribution in [2.75, 3.05) is 13.7 Å². The maximum absolute atomic E-state index is 11.0. The molecule has 0 radical (unpaired) electrons. The molecule has 1 N–H and O–H groups in total. The van der Waals surface area contributed by atoms with E-state index in [1.807, 2.05) is 11.5 Å². The van der Waals surface area contributed by atoms with Crippen molar-refractivity contribution in [3.05, 3.63) is 16.1 Å². The lowest BCUT2D eigenvalue weighted by atomic mass is 10.2. The lowest BCUT2D eigenvalue weighted by Gasteiger charge is -2.08. The number of nitrogens with zero attached hydrogens (tertiary/aromatic N) is 2. The van der Waals surface area contributed by atoms with Gasteiger partial charge in [-0.05, 0) is 22.4 Å². The van der Waals surface area contributed by atoms with Crippen LogP contribution in [0.3, 0.4) is 0 Å². The summed E-state index contributed by atoms with van der Waals surface area (Å²) >= 11 is 3.27. The van der Waals surface area contributed by atoms with Crippen molar-refractivity contribution in [1.82, 2.24) is 9.55 Å². The van der Waals surface area contributed by atoms with Gasteiger partial charge in [0, 0.05) is 13.7 Å². The second-order valence-electron chi connectivity index (χ2n) is 3.38. The topological polar surface area (TPSA) is 64.3 Å². The third-order valence-corrected chi connectivity index (χ3v) is 2.84. The van der Waals surface area contributed by atoms with Crippen LogP contribution in [0.25, 0.3) is 0 Å². The highest BCUT2D eigenvalue weighted by molar-refractivity contribution is 9.10. The van der Waals surface area contributed by atoms with Crippen LogP contribution in [0.4, 0.5) is 0 Å². The number of rotatable bonds is 6. The highest BCUT2D eigenvalue weighted by Gasteiger charge is 2.19. The molecular formula is C10H15BrN2O3. The van der Waals surface area contributed by atoms with Crippen LogP contribution < -0.4 is 0 Å². The molecule has 0 amide bonds. The van der Waals surface area contributed by atoms with Crippen LogP contribution in [0.2, 0.25) is 0 Å². The molecule has 0 saturated heterocycles. The molecule has 0 fully saturated rings. The van der Waals surface area contributed by atoms with Gasteiger partial charge < -0.3 is 14.4 Å². The monoisotopic (exact) mass is 290 g/mol. The Balaban J connectivity index is 3.07. The molecule has 0 saturated carbocycles. The van der Waals surface area contributed by atoms with Gasteiger partial charge in [0.25, 0.3) is 0 Å². The summed E-state index contributed by atoms with van der Waals surface area (Å²) in [4.78, 5) is 15.0. The summed E-state index contributed by atoms with van der Waals surface area (Å²) in [5, 5.41) is 9.03. The molecule has 0 aromatic carbocycles. The van der Waals surface area contributed by atoms with Crippen molar-refractivity contribution < 1.29 is 14.6 Å². The minimum Gasteiger partial charge on any atom is -0.476 e. The van der Waals surface area contributed by atoms with Crippen molar-refractivity contribution >= 4 is 21.9 Å². The average Bonchev–Trinajstić information content (AvgIpc) is 2.54. The van der Waals surface area contributed by atoms with E-state index in [2.05, 4.69) is 20.9 Å². The predicted molar refractivity (Wildman–Crippen MR) is 62.8 cm³/mol. The van der Waals surface area contributed by atoms with E-state index in [9.17, 15) is 4.79 Å². The summed E-state index contributed by atoms with van der Waals surface area (Å²) in [5.41, 5.74) is 0.878.